The Hall–Kier alpha value is -2.66. The number of rotatable bonds is 7. The van der Waals surface area contributed by atoms with Gasteiger partial charge in [-0.15, -0.1) is 11.3 Å². The number of piperidine rings is 1. The third kappa shape index (κ3) is 5.47. The molecule has 0 radical (unpaired) electrons. The largest absolute Gasteiger partial charge is 0.350 e. The summed E-state index contributed by atoms with van der Waals surface area (Å²) in [5, 5.41) is 20.3. The van der Waals surface area contributed by atoms with E-state index in [-0.39, 0.29) is 5.91 Å². The molecule has 0 unspecified atom stereocenters. The monoisotopic (exact) mass is 481 g/mol. The van der Waals surface area contributed by atoms with Gasteiger partial charge in [-0.05, 0) is 74.8 Å². The van der Waals surface area contributed by atoms with Gasteiger partial charge in [0.15, 0.2) is 0 Å². The molecule has 1 amide bonds. The van der Waals surface area contributed by atoms with Crippen molar-refractivity contribution in [2.24, 2.45) is 5.92 Å². The summed E-state index contributed by atoms with van der Waals surface area (Å²) < 4.78 is 1.65. The minimum atomic E-state index is -0.248. The van der Waals surface area contributed by atoms with Crippen molar-refractivity contribution in [3.8, 4) is 16.6 Å². The number of amides is 1. The number of nitriles is 1. The lowest BCUT2D eigenvalue weighted by atomic mass is 9.96. The summed E-state index contributed by atoms with van der Waals surface area (Å²) in [7, 11) is 0. The van der Waals surface area contributed by atoms with Crippen LogP contribution >= 0.6 is 22.9 Å². The number of hydrogen-bond acceptors (Lipinski definition) is 5. The average molecular weight is 482 g/mol. The second-order valence-corrected chi connectivity index (χ2v) is 10.1. The van der Waals surface area contributed by atoms with E-state index in [1.54, 1.807) is 4.68 Å². The molecule has 0 saturated carbocycles. The van der Waals surface area contributed by atoms with Crippen LogP contribution in [0.5, 0.6) is 0 Å². The molecular formula is C25H28ClN5OS. The first kappa shape index (κ1) is 23.5. The predicted octanol–water partition coefficient (Wildman–Crippen LogP) is 5.04. The van der Waals surface area contributed by atoms with Crippen molar-refractivity contribution in [1.29, 1.82) is 5.26 Å². The number of thiophene rings is 1. The molecule has 1 N–H and O–H groups in total. The Balaban J connectivity index is 1.56. The zero-order chi connectivity index (χ0) is 23.4. The van der Waals surface area contributed by atoms with Gasteiger partial charge in [-0.1, -0.05) is 29.8 Å². The average Bonchev–Trinajstić information content (AvgIpc) is 3.47. The van der Waals surface area contributed by atoms with Gasteiger partial charge in [0.1, 0.15) is 23.0 Å². The van der Waals surface area contributed by atoms with E-state index >= 15 is 0 Å². The Morgan fingerprint density at radius 1 is 1.27 bits per heavy atom. The first-order valence-corrected chi connectivity index (χ1v) is 12.5. The predicted molar refractivity (Wildman–Crippen MR) is 133 cm³/mol. The van der Waals surface area contributed by atoms with Crippen molar-refractivity contribution in [1.82, 2.24) is 20.0 Å². The van der Waals surface area contributed by atoms with Crippen molar-refractivity contribution in [2.45, 2.75) is 39.3 Å². The van der Waals surface area contributed by atoms with Gasteiger partial charge >= 0.3 is 0 Å². The molecule has 1 fully saturated rings. The second kappa shape index (κ2) is 10.5. The van der Waals surface area contributed by atoms with Crippen LogP contribution < -0.4 is 5.32 Å². The van der Waals surface area contributed by atoms with Gasteiger partial charge in [0, 0.05) is 17.6 Å². The van der Waals surface area contributed by atoms with E-state index < -0.39 is 0 Å². The van der Waals surface area contributed by atoms with E-state index in [1.165, 1.54) is 11.3 Å². The van der Waals surface area contributed by atoms with E-state index in [0.717, 1.165) is 36.4 Å². The van der Waals surface area contributed by atoms with Crippen LogP contribution in [0.2, 0.25) is 5.02 Å². The Morgan fingerprint density at radius 2 is 2.00 bits per heavy atom. The van der Waals surface area contributed by atoms with Crippen molar-refractivity contribution >= 4 is 28.8 Å². The van der Waals surface area contributed by atoms with Gasteiger partial charge in [-0.25, -0.2) is 0 Å². The topological polar surface area (TPSA) is 74.0 Å². The molecule has 1 aliphatic rings. The van der Waals surface area contributed by atoms with Crippen LogP contribution in [-0.2, 0) is 6.54 Å². The zero-order valence-corrected chi connectivity index (χ0v) is 20.5. The Labute approximate surface area is 203 Å². The number of nitrogens with zero attached hydrogens (tertiary/aromatic N) is 4. The molecule has 1 saturated heterocycles. The molecule has 33 heavy (non-hydrogen) atoms. The van der Waals surface area contributed by atoms with Crippen LogP contribution in [0.25, 0.3) is 10.6 Å². The molecule has 1 aliphatic heterocycles. The Kier molecular flexibility index (Phi) is 7.49. The first-order chi connectivity index (χ1) is 16.0. The van der Waals surface area contributed by atoms with Gasteiger partial charge in [-0.2, -0.15) is 10.4 Å². The van der Waals surface area contributed by atoms with Gasteiger partial charge in [0.25, 0.3) is 5.91 Å². The Bertz CT molecular complexity index is 1120. The maximum absolute atomic E-state index is 13.3. The van der Waals surface area contributed by atoms with Gasteiger partial charge in [0.2, 0.25) is 0 Å². The summed E-state index contributed by atoms with van der Waals surface area (Å²) in [6.07, 6.45) is 2.13. The number of halogens is 1. The number of benzene rings is 1. The summed E-state index contributed by atoms with van der Waals surface area (Å²) >= 11 is 7.53. The lowest BCUT2D eigenvalue weighted by Gasteiger charge is -2.34. The van der Waals surface area contributed by atoms with E-state index in [2.05, 4.69) is 30.1 Å². The lowest BCUT2D eigenvalue weighted by molar-refractivity contribution is 0.0919. The molecule has 3 aromatic rings. The molecule has 0 bridgehead atoms. The third-order valence-electron chi connectivity index (χ3n) is 6.21. The maximum Gasteiger partial charge on any atom is 0.270 e. The van der Waals surface area contributed by atoms with E-state index in [1.807, 2.05) is 41.8 Å². The minimum absolute atomic E-state index is 0.248. The molecule has 0 atom stereocenters. The normalized spacial score (nSPS) is 15.0. The number of aromatic nitrogens is 2. The van der Waals surface area contributed by atoms with Gasteiger partial charge in [0.05, 0.1) is 11.4 Å². The molecule has 1 aromatic carbocycles. The van der Waals surface area contributed by atoms with Crippen molar-refractivity contribution in [3.05, 3.63) is 63.6 Å². The van der Waals surface area contributed by atoms with Crippen LogP contribution in [0.1, 0.15) is 48.3 Å². The Morgan fingerprint density at radius 3 is 2.61 bits per heavy atom. The summed E-state index contributed by atoms with van der Waals surface area (Å²) in [6.45, 7) is 7.54. The summed E-state index contributed by atoms with van der Waals surface area (Å²) in [4.78, 5) is 16.7. The fraction of sp³-hybridized carbons (Fsp3) is 0.400. The van der Waals surface area contributed by atoms with Gasteiger partial charge in [-0.3, -0.25) is 9.48 Å². The molecule has 172 valence electrons. The van der Waals surface area contributed by atoms with E-state index in [9.17, 15) is 10.1 Å². The van der Waals surface area contributed by atoms with Crippen LogP contribution in [0, 0.1) is 17.2 Å². The molecule has 2 aromatic heterocycles. The zero-order valence-electron chi connectivity index (χ0n) is 18.9. The molecule has 4 rings (SSSR count). The van der Waals surface area contributed by atoms with Crippen molar-refractivity contribution in [2.75, 3.05) is 19.6 Å². The molecule has 8 heteroatoms. The van der Waals surface area contributed by atoms with Crippen LogP contribution in [-0.4, -0.2) is 46.3 Å². The quantitative estimate of drug-likeness (QED) is 0.513. The highest BCUT2D eigenvalue weighted by Gasteiger charge is 2.27. The maximum atomic E-state index is 13.3. The van der Waals surface area contributed by atoms with Crippen molar-refractivity contribution < 1.29 is 4.79 Å². The first-order valence-electron chi connectivity index (χ1n) is 11.3. The molecule has 6 nitrogen and oxygen atoms in total. The summed E-state index contributed by atoms with van der Waals surface area (Å²) in [5.41, 5.74) is 2.14. The lowest BCUT2D eigenvalue weighted by Crippen LogP contribution is -2.41. The second-order valence-electron chi connectivity index (χ2n) is 8.73. The molecule has 0 spiro atoms. The van der Waals surface area contributed by atoms with E-state index in [4.69, 9.17) is 16.7 Å². The van der Waals surface area contributed by atoms with Crippen molar-refractivity contribution in [3.63, 3.8) is 0 Å². The molecule has 0 aliphatic carbocycles. The number of nitrogens with one attached hydrogen (secondary N) is 1. The highest BCUT2D eigenvalue weighted by atomic mass is 35.5. The standard InChI is InChI=1S/C25H28ClN5OS/c1-17(2)30-11-9-18(10-12-30)15-28-25(32)24-21(14-27)23(22-4-3-13-33-22)29-31(24)16-19-5-7-20(26)8-6-19/h3-8,13,17-18H,9-12,15-16H2,1-2H3,(H,28,32). The number of carbonyl (C=O) groups excluding carboxylic acids is 1. The highest BCUT2D eigenvalue weighted by molar-refractivity contribution is 7.13. The number of carbonyl (C=O) groups is 1. The highest BCUT2D eigenvalue weighted by Crippen LogP contribution is 2.29. The number of hydrogen-bond donors (Lipinski definition) is 1. The minimum Gasteiger partial charge on any atom is -0.350 e. The number of likely N-dealkylation sites (tertiary alicyclic amines) is 1. The molecule has 3 heterocycles. The van der Waals surface area contributed by atoms with Crippen LogP contribution in [0.3, 0.4) is 0 Å². The third-order valence-corrected chi connectivity index (χ3v) is 7.34. The molecular weight excluding hydrogens is 454 g/mol. The summed E-state index contributed by atoms with van der Waals surface area (Å²) in [5.74, 6) is 0.195. The SMILES string of the molecule is CC(C)N1CCC(CNC(=O)c2c(C#N)c(-c3cccs3)nn2Cc2ccc(Cl)cc2)CC1. The fourth-order valence-electron chi connectivity index (χ4n) is 4.26. The van der Waals surface area contributed by atoms with E-state index in [0.29, 0.717) is 47.0 Å². The summed E-state index contributed by atoms with van der Waals surface area (Å²) in [6, 6.07) is 14.1. The van der Waals surface area contributed by atoms with Crippen LogP contribution in [0.4, 0.5) is 0 Å². The smallest absolute Gasteiger partial charge is 0.270 e. The van der Waals surface area contributed by atoms with Gasteiger partial charge < -0.3 is 10.2 Å². The van der Waals surface area contributed by atoms with Crippen LogP contribution in [0.15, 0.2) is 41.8 Å². The fourth-order valence-corrected chi connectivity index (χ4v) is 5.10.